The number of amides is 1. The third-order valence-corrected chi connectivity index (χ3v) is 4.73. The van der Waals surface area contributed by atoms with Gasteiger partial charge in [0.25, 0.3) is 5.91 Å². The Morgan fingerprint density at radius 1 is 1.41 bits per heavy atom. The Morgan fingerprint density at radius 3 is 2.86 bits per heavy atom. The lowest BCUT2D eigenvalue weighted by molar-refractivity contribution is -0.141. The van der Waals surface area contributed by atoms with Crippen molar-refractivity contribution >= 4 is 23.6 Å². The van der Waals surface area contributed by atoms with Crippen LogP contribution >= 0.6 is 11.8 Å². The van der Waals surface area contributed by atoms with Crippen molar-refractivity contribution in [2.24, 2.45) is 0 Å². The first kappa shape index (κ1) is 16.7. The molecule has 22 heavy (non-hydrogen) atoms. The van der Waals surface area contributed by atoms with Crippen molar-refractivity contribution in [3.05, 3.63) is 29.3 Å². The van der Waals surface area contributed by atoms with Crippen LogP contribution in [0, 0.1) is 13.8 Å². The maximum absolute atomic E-state index is 12.3. The van der Waals surface area contributed by atoms with Crippen LogP contribution < -0.4 is 4.74 Å². The first-order chi connectivity index (χ1) is 10.5. The van der Waals surface area contributed by atoms with Gasteiger partial charge in [0.2, 0.25) is 0 Å². The largest absolute Gasteiger partial charge is 0.484 e. The number of rotatable bonds is 5. The maximum atomic E-state index is 12.3. The summed E-state index contributed by atoms with van der Waals surface area (Å²) in [7, 11) is 0. The summed E-state index contributed by atoms with van der Waals surface area (Å²) in [4.78, 5) is 24.9. The molecule has 0 saturated carbocycles. The van der Waals surface area contributed by atoms with Gasteiger partial charge in [0.1, 0.15) is 5.75 Å². The fourth-order valence-corrected chi connectivity index (χ4v) is 3.60. The second kappa shape index (κ2) is 7.54. The van der Waals surface area contributed by atoms with Crippen LogP contribution in [-0.2, 0) is 9.59 Å². The van der Waals surface area contributed by atoms with Crippen molar-refractivity contribution in [1.82, 2.24) is 4.90 Å². The molecule has 120 valence electrons. The van der Waals surface area contributed by atoms with E-state index in [1.165, 1.54) is 0 Å². The lowest BCUT2D eigenvalue weighted by Gasteiger charge is -2.34. The molecule has 1 amide bonds. The van der Waals surface area contributed by atoms with Crippen LogP contribution in [0.3, 0.4) is 0 Å². The number of carbonyl (C=O) groups is 2. The molecule has 5 nitrogen and oxygen atoms in total. The van der Waals surface area contributed by atoms with Crippen molar-refractivity contribution in [2.45, 2.75) is 26.3 Å². The van der Waals surface area contributed by atoms with Crippen molar-refractivity contribution in [3.63, 3.8) is 0 Å². The van der Waals surface area contributed by atoms with Gasteiger partial charge in [0.15, 0.2) is 6.61 Å². The summed E-state index contributed by atoms with van der Waals surface area (Å²) in [5.41, 5.74) is 2.13. The molecule has 1 fully saturated rings. The smallest absolute Gasteiger partial charge is 0.305 e. The third-order valence-electron chi connectivity index (χ3n) is 3.64. The van der Waals surface area contributed by atoms with E-state index in [1.807, 2.05) is 32.0 Å². The zero-order valence-corrected chi connectivity index (χ0v) is 13.7. The minimum absolute atomic E-state index is 0.0116. The second-order valence-corrected chi connectivity index (χ2v) is 6.62. The van der Waals surface area contributed by atoms with Gasteiger partial charge in [0.05, 0.1) is 12.5 Å². The van der Waals surface area contributed by atoms with Crippen LogP contribution in [0.4, 0.5) is 0 Å². The first-order valence-electron chi connectivity index (χ1n) is 7.26. The molecular formula is C16H21NO4S. The van der Waals surface area contributed by atoms with Gasteiger partial charge in [-0.3, -0.25) is 9.59 Å². The van der Waals surface area contributed by atoms with Gasteiger partial charge in [-0.15, -0.1) is 0 Å². The van der Waals surface area contributed by atoms with Gasteiger partial charge in [-0.2, -0.15) is 11.8 Å². The van der Waals surface area contributed by atoms with E-state index in [0.717, 1.165) is 16.9 Å². The summed E-state index contributed by atoms with van der Waals surface area (Å²) in [5.74, 6) is 1.18. The number of hydrogen-bond donors (Lipinski definition) is 1. The van der Waals surface area contributed by atoms with E-state index in [-0.39, 0.29) is 25.0 Å². The minimum atomic E-state index is -0.874. The van der Waals surface area contributed by atoms with Gasteiger partial charge in [-0.05, 0) is 25.5 Å². The van der Waals surface area contributed by atoms with E-state index in [4.69, 9.17) is 9.84 Å². The molecule has 0 aromatic heterocycles. The van der Waals surface area contributed by atoms with Crippen LogP contribution in [0.1, 0.15) is 17.5 Å². The quantitative estimate of drug-likeness (QED) is 0.899. The molecule has 1 heterocycles. The minimum Gasteiger partial charge on any atom is -0.484 e. The standard InChI is InChI=1S/C16H21NO4S/c1-11-3-4-14(12(2)7-11)21-9-15(18)17-5-6-22-10-13(17)8-16(19)20/h3-4,7,13H,5-6,8-10H2,1-2H3,(H,19,20). The first-order valence-corrected chi connectivity index (χ1v) is 8.42. The number of hydrogen-bond acceptors (Lipinski definition) is 4. The molecular weight excluding hydrogens is 302 g/mol. The average molecular weight is 323 g/mol. The highest BCUT2D eigenvalue weighted by Gasteiger charge is 2.29. The Bertz CT molecular complexity index is 561. The summed E-state index contributed by atoms with van der Waals surface area (Å²) in [6.07, 6.45) is -0.0116. The number of aryl methyl sites for hydroxylation is 2. The molecule has 6 heteroatoms. The van der Waals surface area contributed by atoms with Crippen molar-refractivity contribution in [2.75, 3.05) is 24.7 Å². The SMILES string of the molecule is Cc1ccc(OCC(=O)N2CCSCC2CC(=O)O)c(C)c1. The molecule has 1 aromatic carbocycles. The van der Waals surface area contributed by atoms with Crippen LogP contribution in [0.25, 0.3) is 0 Å². The Kier molecular flexibility index (Phi) is 5.71. The van der Waals surface area contributed by atoms with Crippen molar-refractivity contribution < 1.29 is 19.4 Å². The molecule has 0 radical (unpaired) electrons. The average Bonchev–Trinajstić information content (AvgIpc) is 2.46. The Hall–Kier alpha value is -1.69. The van der Waals surface area contributed by atoms with E-state index in [2.05, 4.69) is 0 Å². The zero-order valence-electron chi connectivity index (χ0n) is 12.9. The topological polar surface area (TPSA) is 66.8 Å². The zero-order chi connectivity index (χ0) is 16.1. The molecule has 0 aliphatic carbocycles. The summed E-state index contributed by atoms with van der Waals surface area (Å²) < 4.78 is 5.61. The van der Waals surface area contributed by atoms with E-state index in [0.29, 0.717) is 18.0 Å². The number of carboxylic acid groups (broad SMARTS) is 1. The number of thioether (sulfide) groups is 1. The van der Waals surface area contributed by atoms with E-state index < -0.39 is 5.97 Å². The van der Waals surface area contributed by atoms with Crippen LogP contribution in [-0.4, -0.2) is 52.6 Å². The fraction of sp³-hybridized carbons (Fsp3) is 0.500. The Morgan fingerprint density at radius 2 is 2.18 bits per heavy atom. The number of carboxylic acids is 1. The Balaban J connectivity index is 1.96. The molecule has 1 aliphatic rings. The highest BCUT2D eigenvalue weighted by Crippen LogP contribution is 2.21. The van der Waals surface area contributed by atoms with Gasteiger partial charge < -0.3 is 14.7 Å². The van der Waals surface area contributed by atoms with Gasteiger partial charge in [-0.1, -0.05) is 17.7 Å². The van der Waals surface area contributed by atoms with Crippen molar-refractivity contribution in [3.8, 4) is 5.75 Å². The van der Waals surface area contributed by atoms with Gasteiger partial charge >= 0.3 is 5.97 Å². The molecule has 1 unspecified atom stereocenters. The molecule has 1 atom stereocenters. The monoisotopic (exact) mass is 323 g/mol. The van der Waals surface area contributed by atoms with Crippen LogP contribution in [0.15, 0.2) is 18.2 Å². The summed E-state index contributed by atoms with van der Waals surface area (Å²) >= 11 is 1.69. The molecule has 1 saturated heterocycles. The van der Waals surface area contributed by atoms with Crippen LogP contribution in [0.5, 0.6) is 5.75 Å². The highest BCUT2D eigenvalue weighted by atomic mass is 32.2. The third kappa shape index (κ3) is 4.40. The lowest BCUT2D eigenvalue weighted by Crippen LogP contribution is -2.48. The second-order valence-electron chi connectivity index (χ2n) is 5.47. The number of aliphatic carboxylic acids is 1. The summed E-state index contributed by atoms with van der Waals surface area (Å²) in [5, 5.41) is 8.96. The number of carbonyl (C=O) groups excluding carboxylic acids is 1. The number of nitrogens with zero attached hydrogens (tertiary/aromatic N) is 1. The maximum Gasteiger partial charge on any atom is 0.305 e. The number of ether oxygens (including phenoxy) is 1. The molecule has 0 bridgehead atoms. The normalized spacial score (nSPS) is 18.1. The Labute approximate surface area is 134 Å². The molecule has 2 rings (SSSR count). The molecule has 1 aliphatic heterocycles. The van der Waals surface area contributed by atoms with Crippen LogP contribution in [0.2, 0.25) is 0 Å². The lowest BCUT2D eigenvalue weighted by atomic mass is 10.1. The predicted molar refractivity (Wildman–Crippen MR) is 86.5 cm³/mol. The molecule has 1 aromatic rings. The highest BCUT2D eigenvalue weighted by molar-refractivity contribution is 7.99. The number of benzene rings is 1. The van der Waals surface area contributed by atoms with Crippen molar-refractivity contribution in [1.29, 1.82) is 0 Å². The molecule has 1 N–H and O–H groups in total. The van der Waals surface area contributed by atoms with E-state index >= 15 is 0 Å². The van der Waals surface area contributed by atoms with Gasteiger partial charge in [-0.25, -0.2) is 0 Å². The predicted octanol–water partition coefficient (Wildman–Crippen LogP) is 2.10. The summed E-state index contributed by atoms with van der Waals surface area (Å²) in [6.45, 7) is 4.48. The fourth-order valence-electron chi connectivity index (χ4n) is 2.54. The van der Waals surface area contributed by atoms with Gasteiger partial charge in [0, 0.05) is 18.1 Å². The summed E-state index contributed by atoms with van der Waals surface area (Å²) in [6, 6.07) is 5.56. The molecule has 0 spiro atoms. The van der Waals surface area contributed by atoms with E-state index in [9.17, 15) is 9.59 Å². The van der Waals surface area contributed by atoms with E-state index in [1.54, 1.807) is 16.7 Å².